The number of methoxy groups -OCH3 is 1. The molecule has 0 amide bonds. The van der Waals surface area contributed by atoms with Gasteiger partial charge in [0.05, 0.1) is 23.3 Å². The summed E-state index contributed by atoms with van der Waals surface area (Å²) in [6, 6.07) is 13.2. The molecule has 2 aromatic carbocycles. The number of benzene rings is 2. The van der Waals surface area contributed by atoms with Gasteiger partial charge in [-0.15, -0.1) is 0 Å². The molecule has 0 spiro atoms. The molecule has 0 unspecified atom stereocenters. The summed E-state index contributed by atoms with van der Waals surface area (Å²) in [5.74, 6) is 0.273. The predicted molar refractivity (Wildman–Crippen MR) is 82.7 cm³/mol. The van der Waals surface area contributed by atoms with Crippen molar-refractivity contribution in [1.29, 1.82) is 5.26 Å². The van der Waals surface area contributed by atoms with E-state index in [-0.39, 0.29) is 10.6 Å². The third-order valence-electron chi connectivity index (χ3n) is 2.91. The second-order valence-electron chi connectivity index (χ2n) is 4.36. The fourth-order valence-corrected chi connectivity index (χ4v) is 3.48. The summed E-state index contributed by atoms with van der Waals surface area (Å²) >= 11 is 3.27. The van der Waals surface area contributed by atoms with Crippen LogP contribution in [0, 0.1) is 11.3 Å². The average molecular weight is 366 g/mol. The summed E-state index contributed by atoms with van der Waals surface area (Å²) in [5.41, 5.74) is 0.872. The van der Waals surface area contributed by atoms with Gasteiger partial charge in [-0.3, -0.25) is 0 Å². The topological polar surface area (TPSA) is 67.2 Å². The minimum absolute atomic E-state index is 0.159. The summed E-state index contributed by atoms with van der Waals surface area (Å²) in [7, 11) is -1.98. The first kappa shape index (κ1) is 15.5. The monoisotopic (exact) mass is 365 g/mol. The third-order valence-corrected chi connectivity index (χ3v) is 5.15. The number of hydrogen-bond donors (Lipinski definition) is 0. The summed E-state index contributed by atoms with van der Waals surface area (Å²) in [6.07, 6.45) is 0. The van der Waals surface area contributed by atoms with E-state index in [9.17, 15) is 8.42 Å². The number of halogens is 1. The quantitative estimate of drug-likeness (QED) is 0.833. The largest absolute Gasteiger partial charge is 0.495 e. The number of hydrogen-bond acceptors (Lipinski definition) is 4. The Morgan fingerprint density at radius 3 is 2.43 bits per heavy atom. The fourth-order valence-electron chi connectivity index (χ4n) is 1.88. The molecule has 108 valence electrons. The van der Waals surface area contributed by atoms with E-state index >= 15 is 0 Å². The van der Waals surface area contributed by atoms with Crippen molar-refractivity contribution in [1.82, 2.24) is 0 Å². The molecule has 0 radical (unpaired) electrons. The molecule has 6 heteroatoms. The Balaban J connectivity index is 2.33. The van der Waals surface area contributed by atoms with E-state index in [1.165, 1.54) is 13.2 Å². The van der Waals surface area contributed by atoms with E-state index in [2.05, 4.69) is 15.9 Å². The molecule has 2 rings (SSSR count). The minimum atomic E-state index is -3.45. The molecule has 0 saturated heterocycles. The van der Waals surface area contributed by atoms with Crippen molar-refractivity contribution in [3.05, 3.63) is 58.1 Å². The zero-order valence-corrected chi connectivity index (χ0v) is 13.6. The third kappa shape index (κ3) is 3.63. The van der Waals surface area contributed by atoms with Crippen LogP contribution in [0.25, 0.3) is 0 Å². The average Bonchev–Trinajstić information content (AvgIpc) is 2.47. The lowest BCUT2D eigenvalue weighted by Gasteiger charge is -2.07. The molecule has 0 heterocycles. The van der Waals surface area contributed by atoms with Crippen molar-refractivity contribution < 1.29 is 13.2 Å². The summed E-state index contributed by atoms with van der Waals surface area (Å²) in [5, 5.41) is 9.04. The number of nitrogens with zero attached hydrogens (tertiary/aromatic N) is 1. The van der Waals surface area contributed by atoms with Crippen LogP contribution in [0.5, 0.6) is 5.75 Å². The Bertz CT molecular complexity index is 793. The first-order chi connectivity index (χ1) is 9.96. The van der Waals surface area contributed by atoms with E-state index in [1.54, 1.807) is 36.4 Å². The van der Waals surface area contributed by atoms with Gasteiger partial charge >= 0.3 is 0 Å². The Morgan fingerprint density at radius 1 is 1.19 bits per heavy atom. The lowest BCUT2D eigenvalue weighted by Crippen LogP contribution is -2.05. The maximum absolute atomic E-state index is 12.3. The molecule has 0 N–H and O–H groups in total. The van der Waals surface area contributed by atoms with Gasteiger partial charge in [-0.25, -0.2) is 8.42 Å². The predicted octanol–water partition coefficient (Wildman–Crippen LogP) is 3.30. The molecule has 0 aliphatic heterocycles. The van der Waals surface area contributed by atoms with Gasteiger partial charge in [-0.2, -0.15) is 5.26 Å². The molecule has 0 fully saturated rings. The fraction of sp³-hybridized carbons (Fsp3) is 0.133. The Labute approximate surface area is 132 Å². The van der Waals surface area contributed by atoms with Crippen LogP contribution in [0.3, 0.4) is 0 Å². The highest BCUT2D eigenvalue weighted by Crippen LogP contribution is 2.23. The summed E-state index contributed by atoms with van der Waals surface area (Å²) in [6.45, 7) is 0. The number of nitriles is 1. The van der Waals surface area contributed by atoms with E-state index in [0.29, 0.717) is 16.9 Å². The van der Waals surface area contributed by atoms with Crippen LogP contribution in [0.2, 0.25) is 0 Å². The van der Waals surface area contributed by atoms with E-state index in [4.69, 9.17) is 10.00 Å². The van der Waals surface area contributed by atoms with Crippen molar-refractivity contribution in [3.8, 4) is 11.8 Å². The van der Waals surface area contributed by atoms with Gasteiger partial charge in [0.15, 0.2) is 9.84 Å². The standard InChI is InChI=1S/C15H12BrNO3S/c1-20-15-7-2-11(8-12(15)9-17)10-21(18,19)14-5-3-13(16)4-6-14/h2-8H,10H2,1H3. The van der Waals surface area contributed by atoms with Crippen LogP contribution < -0.4 is 4.74 Å². The molecule has 2 aromatic rings. The molecule has 4 nitrogen and oxygen atoms in total. The lowest BCUT2D eigenvalue weighted by molar-refractivity contribution is 0.413. The Hall–Kier alpha value is -1.84. The summed E-state index contributed by atoms with van der Waals surface area (Å²) < 4.78 is 30.5. The molecule has 0 bridgehead atoms. The van der Waals surface area contributed by atoms with Gasteiger partial charge in [-0.1, -0.05) is 22.0 Å². The van der Waals surface area contributed by atoms with E-state index in [0.717, 1.165) is 4.47 Å². The van der Waals surface area contributed by atoms with Crippen LogP contribution >= 0.6 is 15.9 Å². The molecule has 0 atom stereocenters. The zero-order chi connectivity index (χ0) is 15.5. The first-order valence-corrected chi connectivity index (χ1v) is 8.46. The SMILES string of the molecule is COc1ccc(CS(=O)(=O)c2ccc(Br)cc2)cc1C#N. The molecular weight excluding hydrogens is 354 g/mol. The highest BCUT2D eigenvalue weighted by molar-refractivity contribution is 9.10. The van der Waals surface area contributed by atoms with Crippen molar-refractivity contribution in [2.75, 3.05) is 7.11 Å². The van der Waals surface area contributed by atoms with Gasteiger partial charge in [0.25, 0.3) is 0 Å². The smallest absolute Gasteiger partial charge is 0.182 e. The van der Waals surface area contributed by atoms with Crippen molar-refractivity contribution >= 4 is 25.8 Å². The highest BCUT2D eigenvalue weighted by atomic mass is 79.9. The Morgan fingerprint density at radius 2 is 1.86 bits per heavy atom. The molecule has 0 saturated carbocycles. The van der Waals surface area contributed by atoms with E-state index < -0.39 is 9.84 Å². The van der Waals surface area contributed by atoms with Crippen LogP contribution in [-0.2, 0) is 15.6 Å². The second kappa shape index (κ2) is 6.29. The normalized spacial score (nSPS) is 10.9. The molecule has 21 heavy (non-hydrogen) atoms. The maximum atomic E-state index is 12.3. The van der Waals surface area contributed by atoms with Gasteiger partial charge in [0.2, 0.25) is 0 Å². The zero-order valence-electron chi connectivity index (χ0n) is 11.2. The molecular formula is C15H12BrNO3S. The Kier molecular flexibility index (Phi) is 4.66. The van der Waals surface area contributed by atoms with Crippen molar-refractivity contribution in [2.45, 2.75) is 10.6 Å². The number of rotatable bonds is 4. The van der Waals surface area contributed by atoms with Gasteiger partial charge in [-0.05, 0) is 42.0 Å². The summed E-state index contributed by atoms with van der Waals surface area (Å²) in [4.78, 5) is 0.250. The van der Waals surface area contributed by atoms with E-state index in [1.807, 2.05) is 6.07 Å². The van der Waals surface area contributed by atoms with Crippen LogP contribution in [0.4, 0.5) is 0 Å². The van der Waals surface area contributed by atoms with Crippen molar-refractivity contribution in [3.63, 3.8) is 0 Å². The van der Waals surface area contributed by atoms with Crippen molar-refractivity contribution in [2.24, 2.45) is 0 Å². The molecule has 0 aliphatic carbocycles. The van der Waals surface area contributed by atoms with Crippen LogP contribution in [-0.4, -0.2) is 15.5 Å². The van der Waals surface area contributed by atoms with Gasteiger partial charge < -0.3 is 4.74 Å². The van der Waals surface area contributed by atoms with Crippen LogP contribution in [0.1, 0.15) is 11.1 Å². The second-order valence-corrected chi connectivity index (χ2v) is 7.26. The highest BCUT2D eigenvalue weighted by Gasteiger charge is 2.16. The number of sulfone groups is 1. The van der Waals surface area contributed by atoms with Gasteiger partial charge in [0.1, 0.15) is 11.8 Å². The first-order valence-electron chi connectivity index (χ1n) is 6.01. The maximum Gasteiger partial charge on any atom is 0.182 e. The van der Waals surface area contributed by atoms with Crippen LogP contribution in [0.15, 0.2) is 51.8 Å². The molecule has 0 aromatic heterocycles. The van der Waals surface area contributed by atoms with Gasteiger partial charge in [0, 0.05) is 4.47 Å². The minimum Gasteiger partial charge on any atom is -0.495 e. The lowest BCUT2D eigenvalue weighted by atomic mass is 10.1. The number of ether oxygens (including phenoxy) is 1. The molecule has 0 aliphatic rings.